The molecule has 0 aromatic heterocycles. The summed E-state index contributed by atoms with van der Waals surface area (Å²) < 4.78 is 0. The van der Waals surface area contributed by atoms with Crippen LogP contribution in [0.2, 0.25) is 0 Å². The molecule has 2 nitrogen and oxygen atoms in total. The molecule has 1 heterocycles. The van der Waals surface area contributed by atoms with Crippen molar-refractivity contribution in [2.24, 2.45) is 0 Å². The van der Waals surface area contributed by atoms with Crippen molar-refractivity contribution in [3.05, 3.63) is 42.0 Å². The number of hydrogen-bond donors (Lipinski definition) is 1. The maximum absolute atomic E-state index is 6.54. The lowest BCUT2D eigenvalue weighted by Crippen LogP contribution is -2.29. The van der Waals surface area contributed by atoms with Crippen molar-refractivity contribution >= 4 is 28.8 Å². The summed E-state index contributed by atoms with van der Waals surface area (Å²) in [5.74, 6) is 0.437. The van der Waals surface area contributed by atoms with E-state index in [2.05, 4.69) is 69.0 Å². The van der Waals surface area contributed by atoms with Crippen LogP contribution in [0.15, 0.2) is 46.2 Å². The second kappa shape index (κ2) is 5.30. The summed E-state index contributed by atoms with van der Waals surface area (Å²) in [6, 6.07) is 13.3. The Hall–Kier alpha value is -1.61. The molecule has 3 heteroatoms. The first-order valence-electron chi connectivity index (χ1n) is 7.49. The van der Waals surface area contributed by atoms with Crippen LogP contribution >= 0.6 is 11.8 Å². The molecule has 0 saturated heterocycles. The first-order valence-corrected chi connectivity index (χ1v) is 8.30. The quantitative estimate of drug-likeness (QED) is 0.752. The number of nitrogen functional groups attached to an aromatic ring is 1. The minimum atomic E-state index is 0.371. The highest BCUT2D eigenvalue weighted by Crippen LogP contribution is 2.52. The Balaban J connectivity index is 2.24. The highest BCUT2D eigenvalue weighted by molar-refractivity contribution is 7.99. The zero-order valence-electron chi connectivity index (χ0n) is 13.1. The summed E-state index contributed by atoms with van der Waals surface area (Å²) in [6.07, 6.45) is 0. The third-order valence-corrected chi connectivity index (χ3v) is 5.05. The number of hydrogen-bond acceptors (Lipinski definition) is 3. The van der Waals surface area contributed by atoms with E-state index in [1.807, 2.05) is 11.8 Å². The molecule has 0 fully saturated rings. The molecule has 2 aromatic carbocycles. The zero-order chi connectivity index (χ0) is 15.1. The second-order valence-corrected chi connectivity index (χ2v) is 7.19. The van der Waals surface area contributed by atoms with Gasteiger partial charge >= 0.3 is 0 Å². The standard InChI is InChI=1S/C18H22N2S/c1-11(2)13-9-10-16-18(17(13)19)20(12(3)4)14-7-5-6-8-15(14)21-16/h5-12H,19H2,1-4H3. The van der Waals surface area contributed by atoms with Crippen molar-refractivity contribution in [1.29, 1.82) is 0 Å². The van der Waals surface area contributed by atoms with Crippen LogP contribution in [0.4, 0.5) is 17.1 Å². The van der Waals surface area contributed by atoms with Gasteiger partial charge < -0.3 is 10.6 Å². The fourth-order valence-electron chi connectivity index (χ4n) is 2.96. The maximum Gasteiger partial charge on any atom is 0.0791 e. The lowest BCUT2D eigenvalue weighted by atomic mass is 9.99. The van der Waals surface area contributed by atoms with Crippen LogP contribution in [0.25, 0.3) is 0 Å². The number of anilines is 3. The van der Waals surface area contributed by atoms with E-state index < -0.39 is 0 Å². The minimum Gasteiger partial charge on any atom is -0.397 e. The Morgan fingerprint density at radius 3 is 2.33 bits per heavy atom. The number of rotatable bonds is 2. The van der Waals surface area contributed by atoms with E-state index in [-0.39, 0.29) is 0 Å². The van der Waals surface area contributed by atoms with Gasteiger partial charge in [0.05, 0.1) is 17.1 Å². The van der Waals surface area contributed by atoms with Crippen LogP contribution in [0.3, 0.4) is 0 Å². The van der Waals surface area contributed by atoms with Gasteiger partial charge in [-0.25, -0.2) is 0 Å². The van der Waals surface area contributed by atoms with E-state index in [1.165, 1.54) is 26.7 Å². The minimum absolute atomic E-state index is 0.371. The predicted molar refractivity (Wildman–Crippen MR) is 92.8 cm³/mol. The van der Waals surface area contributed by atoms with Gasteiger partial charge in [-0.15, -0.1) is 0 Å². The van der Waals surface area contributed by atoms with E-state index in [0.717, 1.165) is 5.69 Å². The molecule has 2 N–H and O–H groups in total. The fourth-order valence-corrected chi connectivity index (χ4v) is 4.05. The van der Waals surface area contributed by atoms with Crippen LogP contribution in [-0.4, -0.2) is 6.04 Å². The SMILES string of the molecule is CC(C)c1ccc2c(c1N)N(C(C)C)c1ccccc1S2. The molecule has 0 amide bonds. The van der Waals surface area contributed by atoms with Crippen LogP contribution in [0.1, 0.15) is 39.2 Å². The summed E-state index contributed by atoms with van der Waals surface area (Å²) in [5, 5.41) is 0. The summed E-state index contributed by atoms with van der Waals surface area (Å²) >= 11 is 1.82. The fraction of sp³-hybridized carbons (Fsp3) is 0.333. The van der Waals surface area contributed by atoms with Gasteiger partial charge in [0.25, 0.3) is 0 Å². The predicted octanol–water partition coefficient (Wildman–Crippen LogP) is 5.40. The van der Waals surface area contributed by atoms with Crippen LogP contribution in [-0.2, 0) is 0 Å². The lowest BCUT2D eigenvalue weighted by Gasteiger charge is -2.37. The number of nitrogens with zero attached hydrogens (tertiary/aromatic N) is 1. The molecule has 1 aliphatic heterocycles. The summed E-state index contributed by atoms with van der Waals surface area (Å²) in [5.41, 5.74) is 11.1. The average molecular weight is 298 g/mol. The third-order valence-electron chi connectivity index (χ3n) is 3.94. The topological polar surface area (TPSA) is 29.3 Å². The Kier molecular flexibility index (Phi) is 3.62. The smallest absolute Gasteiger partial charge is 0.0791 e. The van der Waals surface area contributed by atoms with Gasteiger partial charge in [0, 0.05) is 15.8 Å². The van der Waals surface area contributed by atoms with Crippen molar-refractivity contribution in [2.45, 2.75) is 49.4 Å². The monoisotopic (exact) mass is 298 g/mol. The number of fused-ring (bicyclic) bond motifs is 2. The highest BCUT2D eigenvalue weighted by atomic mass is 32.2. The second-order valence-electron chi connectivity index (χ2n) is 6.10. The highest BCUT2D eigenvalue weighted by Gasteiger charge is 2.28. The van der Waals surface area contributed by atoms with E-state index in [1.54, 1.807) is 0 Å². The maximum atomic E-state index is 6.54. The average Bonchev–Trinajstić information content (AvgIpc) is 2.44. The van der Waals surface area contributed by atoms with Gasteiger partial charge in [-0.1, -0.05) is 43.8 Å². The van der Waals surface area contributed by atoms with Gasteiger partial charge in [0.1, 0.15) is 0 Å². The van der Waals surface area contributed by atoms with Gasteiger partial charge in [0.15, 0.2) is 0 Å². The first-order chi connectivity index (χ1) is 10.0. The molecular weight excluding hydrogens is 276 g/mol. The van der Waals surface area contributed by atoms with Gasteiger partial charge in [0.2, 0.25) is 0 Å². The van der Waals surface area contributed by atoms with E-state index in [0.29, 0.717) is 12.0 Å². The van der Waals surface area contributed by atoms with Crippen molar-refractivity contribution in [3.63, 3.8) is 0 Å². The molecular formula is C18H22N2S. The number of nitrogens with two attached hydrogens (primary N) is 1. The van der Waals surface area contributed by atoms with E-state index in [9.17, 15) is 0 Å². The van der Waals surface area contributed by atoms with E-state index in [4.69, 9.17) is 5.73 Å². The molecule has 0 spiro atoms. The molecule has 0 aliphatic carbocycles. The molecule has 0 atom stereocenters. The number of benzene rings is 2. The normalized spacial score (nSPS) is 13.5. The van der Waals surface area contributed by atoms with E-state index >= 15 is 0 Å². The van der Waals surface area contributed by atoms with Crippen LogP contribution in [0, 0.1) is 0 Å². The molecule has 0 unspecified atom stereocenters. The molecule has 110 valence electrons. The molecule has 1 aliphatic rings. The third kappa shape index (κ3) is 2.30. The van der Waals surface area contributed by atoms with Crippen molar-refractivity contribution < 1.29 is 0 Å². The molecule has 0 radical (unpaired) electrons. The first kappa shape index (κ1) is 14.3. The van der Waals surface area contributed by atoms with Crippen molar-refractivity contribution in [2.75, 3.05) is 10.6 Å². The summed E-state index contributed by atoms with van der Waals surface area (Å²) in [6.45, 7) is 8.83. The van der Waals surface area contributed by atoms with Gasteiger partial charge in [-0.2, -0.15) is 0 Å². The molecule has 2 aromatic rings. The largest absolute Gasteiger partial charge is 0.397 e. The molecule has 0 saturated carbocycles. The Morgan fingerprint density at radius 2 is 1.67 bits per heavy atom. The Labute approximate surface area is 131 Å². The molecule has 3 rings (SSSR count). The Bertz CT molecular complexity index is 677. The van der Waals surface area contributed by atoms with Crippen molar-refractivity contribution in [3.8, 4) is 0 Å². The van der Waals surface area contributed by atoms with Crippen LogP contribution in [0.5, 0.6) is 0 Å². The Morgan fingerprint density at radius 1 is 0.952 bits per heavy atom. The van der Waals surface area contributed by atoms with Gasteiger partial charge in [-0.05, 0) is 43.5 Å². The summed E-state index contributed by atoms with van der Waals surface area (Å²) in [4.78, 5) is 4.93. The molecule has 0 bridgehead atoms. The van der Waals surface area contributed by atoms with Crippen molar-refractivity contribution in [1.82, 2.24) is 0 Å². The molecule has 21 heavy (non-hydrogen) atoms. The number of para-hydroxylation sites is 1. The zero-order valence-corrected chi connectivity index (χ0v) is 13.9. The summed E-state index contributed by atoms with van der Waals surface area (Å²) in [7, 11) is 0. The lowest BCUT2D eigenvalue weighted by molar-refractivity contribution is 0.770. The van der Waals surface area contributed by atoms with Gasteiger partial charge in [-0.3, -0.25) is 0 Å². The van der Waals surface area contributed by atoms with Crippen LogP contribution < -0.4 is 10.6 Å².